The summed E-state index contributed by atoms with van der Waals surface area (Å²) in [7, 11) is 0. The molecule has 0 aromatic heterocycles. The van der Waals surface area contributed by atoms with Crippen LogP contribution in [-0.2, 0) is 14.3 Å². The number of hydrogen-bond acceptors (Lipinski definition) is 5. The lowest BCUT2D eigenvalue weighted by molar-refractivity contribution is -0.150. The average molecular weight is 336 g/mol. The van der Waals surface area contributed by atoms with E-state index in [1.165, 1.54) is 0 Å². The summed E-state index contributed by atoms with van der Waals surface area (Å²) in [6.07, 6.45) is 0.742. The number of imide groups is 1. The quantitative estimate of drug-likeness (QED) is 0.741. The predicted octanol–water partition coefficient (Wildman–Crippen LogP) is 1.85. The lowest BCUT2D eigenvalue weighted by Gasteiger charge is -2.12. The Balaban J connectivity index is 2.31. The van der Waals surface area contributed by atoms with Gasteiger partial charge in [0.05, 0.1) is 0 Å². The molecule has 0 aliphatic rings. The number of ether oxygens (including phenoxy) is 2. The second-order valence-electron chi connectivity index (χ2n) is 5.55. The number of hydrogen-bond donors (Lipinski definition) is 2. The molecule has 0 aliphatic carbocycles. The van der Waals surface area contributed by atoms with Crippen molar-refractivity contribution in [1.82, 2.24) is 10.6 Å². The lowest BCUT2D eigenvalue weighted by Crippen LogP contribution is -2.44. The highest BCUT2D eigenvalue weighted by Gasteiger charge is 2.13. The second-order valence-corrected chi connectivity index (χ2v) is 5.55. The third-order valence-corrected chi connectivity index (χ3v) is 3.30. The van der Waals surface area contributed by atoms with Gasteiger partial charge in [0, 0.05) is 6.04 Å². The van der Waals surface area contributed by atoms with Crippen LogP contribution in [0.2, 0.25) is 0 Å². The topological polar surface area (TPSA) is 93.7 Å². The first kappa shape index (κ1) is 19.5. The molecule has 1 aromatic rings. The fourth-order valence-electron chi connectivity index (χ4n) is 1.71. The summed E-state index contributed by atoms with van der Waals surface area (Å²) in [6, 6.07) is 4.98. The second kappa shape index (κ2) is 9.54. The molecule has 0 spiro atoms. The highest BCUT2D eigenvalue weighted by Crippen LogP contribution is 2.18. The number of carbonyl (C=O) groups excluding carboxylic acids is 3. The Morgan fingerprint density at radius 2 is 1.88 bits per heavy atom. The Bertz CT molecular complexity index is 601. The molecule has 24 heavy (non-hydrogen) atoms. The lowest BCUT2D eigenvalue weighted by atomic mass is 10.1. The minimum atomic E-state index is -0.698. The number of esters is 1. The largest absolute Gasteiger partial charge is 0.482 e. The minimum Gasteiger partial charge on any atom is -0.482 e. The van der Waals surface area contributed by atoms with Crippen LogP contribution < -0.4 is 15.4 Å². The summed E-state index contributed by atoms with van der Waals surface area (Å²) in [6.45, 7) is 6.65. The van der Waals surface area contributed by atoms with Crippen molar-refractivity contribution in [3.63, 3.8) is 0 Å². The molecule has 0 bridgehead atoms. The van der Waals surface area contributed by atoms with Crippen LogP contribution in [-0.4, -0.2) is 37.2 Å². The summed E-state index contributed by atoms with van der Waals surface area (Å²) in [4.78, 5) is 34.5. The van der Waals surface area contributed by atoms with Gasteiger partial charge in [0.2, 0.25) is 0 Å². The van der Waals surface area contributed by atoms with Gasteiger partial charge in [-0.05, 0) is 44.4 Å². The van der Waals surface area contributed by atoms with E-state index in [0.717, 1.165) is 17.5 Å². The van der Waals surface area contributed by atoms with Crippen molar-refractivity contribution < 1.29 is 23.9 Å². The van der Waals surface area contributed by atoms with E-state index >= 15 is 0 Å². The molecule has 2 N–H and O–H groups in total. The van der Waals surface area contributed by atoms with Crippen molar-refractivity contribution in [2.24, 2.45) is 0 Å². The van der Waals surface area contributed by atoms with Crippen molar-refractivity contribution >= 4 is 17.9 Å². The molecule has 132 valence electrons. The summed E-state index contributed by atoms with van der Waals surface area (Å²) in [5.74, 6) is -0.798. The van der Waals surface area contributed by atoms with Crippen LogP contribution >= 0.6 is 0 Å². The van der Waals surface area contributed by atoms with Gasteiger partial charge < -0.3 is 14.8 Å². The van der Waals surface area contributed by atoms with Crippen LogP contribution in [0.1, 0.15) is 31.4 Å². The van der Waals surface area contributed by atoms with Crippen LogP contribution in [0.25, 0.3) is 0 Å². The molecule has 7 nitrogen and oxygen atoms in total. The highest BCUT2D eigenvalue weighted by molar-refractivity contribution is 5.95. The molecule has 0 aliphatic heterocycles. The molecule has 0 heterocycles. The maximum atomic E-state index is 11.6. The fraction of sp³-hybridized carbons (Fsp3) is 0.471. The Labute approximate surface area is 141 Å². The molecule has 1 rings (SSSR count). The summed E-state index contributed by atoms with van der Waals surface area (Å²) in [5, 5.41) is 4.65. The highest BCUT2D eigenvalue weighted by atomic mass is 16.6. The molecule has 1 atom stereocenters. The number of urea groups is 1. The van der Waals surface area contributed by atoms with Gasteiger partial charge in [0.1, 0.15) is 5.75 Å². The van der Waals surface area contributed by atoms with Crippen molar-refractivity contribution in [2.45, 2.75) is 40.2 Å². The monoisotopic (exact) mass is 336 g/mol. The zero-order valence-corrected chi connectivity index (χ0v) is 14.5. The minimum absolute atomic E-state index is 0.0497. The van der Waals surface area contributed by atoms with Gasteiger partial charge in [0.15, 0.2) is 13.2 Å². The molecule has 1 aromatic carbocycles. The van der Waals surface area contributed by atoms with Gasteiger partial charge >= 0.3 is 12.0 Å². The first-order valence-corrected chi connectivity index (χ1v) is 7.77. The van der Waals surface area contributed by atoms with Crippen molar-refractivity contribution in [1.29, 1.82) is 0 Å². The number of benzene rings is 1. The number of aryl methyl sites for hydroxylation is 2. The van der Waals surface area contributed by atoms with Crippen molar-refractivity contribution in [3.8, 4) is 5.75 Å². The number of carbonyl (C=O) groups is 3. The third-order valence-electron chi connectivity index (χ3n) is 3.30. The van der Waals surface area contributed by atoms with E-state index in [1.54, 1.807) is 0 Å². The van der Waals surface area contributed by atoms with Gasteiger partial charge in [-0.1, -0.05) is 19.1 Å². The predicted molar refractivity (Wildman–Crippen MR) is 88.8 cm³/mol. The van der Waals surface area contributed by atoms with E-state index in [-0.39, 0.29) is 12.6 Å². The van der Waals surface area contributed by atoms with Crippen LogP contribution in [0.3, 0.4) is 0 Å². The van der Waals surface area contributed by atoms with E-state index in [1.807, 2.05) is 45.9 Å². The number of rotatable bonds is 7. The Morgan fingerprint density at radius 3 is 2.54 bits per heavy atom. The average Bonchev–Trinajstić information content (AvgIpc) is 2.53. The Hall–Kier alpha value is -2.57. The Morgan fingerprint density at radius 1 is 1.17 bits per heavy atom. The molecular formula is C17H24N2O5. The van der Waals surface area contributed by atoms with Gasteiger partial charge in [-0.2, -0.15) is 0 Å². The van der Waals surface area contributed by atoms with Gasteiger partial charge in [0.25, 0.3) is 5.91 Å². The normalized spacial score (nSPS) is 11.3. The molecule has 0 radical (unpaired) electrons. The van der Waals surface area contributed by atoms with Crippen LogP contribution in [0.5, 0.6) is 5.75 Å². The van der Waals surface area contributed by atoms with E-state index in [2.05, 4.69) is 10.6 Å². The fourth-order valence-corrected chi connectivity index (χ4v) is 1.71. The van der Waals surface area contributed by atoms with Crippen LogP contribution in [0.15, 0.2) is 18.2 Å². The molecular weight excluding hydrogens is 312 g/mol. The Kier molecular flexibility index (Phi) is 7.74. The number of amides is 3. The maximum Gasteiger partial charge on any atom is 0.344 e. The standard InChI is InChI=1S/C17H24N2O5/c1-5-13(4)18-17(22)19-15(20)9-24-16(21)10-23-14-8-11(2)6-7-12(14)3/h6-8,13H,5,9-10H2,1-4H3,(H2,18,19,20,22)/t13-/m0/s1. The molecule has 0 saturated heterocycles. The zero-order valence-electron chi connectivity index (χ0n) is 14.5. The molecule has 0 unspecified atom stereocenters. The number of nitrogens with one attached hydrogen (secondary N) is 2. The first-order valence-electron chi connectivity index (χ1n) is 7.77. The molecule has 0 saturated carbocycles. The third kappa shape index (κ3) is 7.13. The molecule has 7 heteroatoms. The van der Waals surface area contributed by atoms with Crippen LogP contribution in [0.4, 0.5) is 4.79 Å². The van der Waals surface area contributed by atoms with E-state index in [0.29, 0.717) is 5.75 Å². The van der Waals surface area contributed by atoms with Crippen molar-refractivity contribution in [3.05, 3.63) is 29.3 Å². The first-order chi connectivity index (χ1) is 11.3. The van der Waals surface area contributed by atoms with Crippen molar-refractivity contribution in [2.75, 3.05) is 13.2 Å². The zero-order chi connectivity index (χ0) is 18.1. The summed E-state index contributed by atoms with van der Waals surface area (Å²) >= 11 is 0. The van der Waals surface area contributed by atoms with E-state index in [9.17, 15) is 14.4 Å². The van der Waals surface area contributed by atoms with Crippen LogP contribution in [0, 0.1) is 13.8 Å². The maximum absolute atomic E-state index is 11.6. The molecule has 3 amide bonds. The van der Waals surface area contributed by atoms with Gasteiger partial charge in [-0.15, -0.1) is 0 Å². The van der Waals surface area contributed by atoms with E-state index in [4.69, 9.17) is 9.47 Å². The summed E-state index contributed by atoms with van der Waals surface area (Å²) < 4.78 is 10.1. The smallest absolute Gasteiger partial charge is 0.344 e. The van der Waals surface area contributed by atoms with Gasteiger partial charge in [-0.3, -0.25) is 10.1 Å². The SMILES string of the molecule is CC[C@H](C)NC(=O)NC(=O)COC(=O)COc1cc(C)ccc1C. The summed E-state index contributed by atoms with van der Waals surface area (Å²) in [5.41, 5.74) is 1.91. The van der Waals surface area contributed by atoms with E-state index < -0.39 is 24.5 Å². The molecule has 0 fully saturated rings. The van der Waals surface area contributed by atoms with Gasteiger partial charge in [-0.25, -0.2) is 9.59 Å².